The number of ether oxygens (including phenoxy) is 2. The van der Waals surface area contributed by atoms with Crippen LogP contribution in [-0.2, 0) is 20.7 Å². The van der Waals surface area contributed by atoms with Crippen LogP contribution in [0.5, 0.6) is 0 Å². The fourth-order valence-electron chi connectivity index (χ4n) is 5.93. The van der Waals surface area contributed by atoms with E-state index in [9.17, 15) is 9.90 Å². The first-order valence-electron chi connectivity index (χ1n) is 13.5. The highest BCUT2D eigenvalue weighted by Gasteiger charge is 2.31. The van der Waals surface area contributed by atoms with E-state index in [1.165, 1.54) is 0 Å². The molecule has 2 fully saturated rings. The van der Waals surface area contributed by atoms with Crippen molar-refractivity contribution < 1.29 is 19.4 Å². The molecule has 1 aliphatic carbocycles. The van der Waals surface area contributed by atoms with Crippen LogP contribution >= 0.6 is 11.6 Å². The number of aliphatic hydroxyl groups excluding tert-OH is 1. The van der Waals surface area contributed by atoms with Crippen molar-refractivity contribution in [2.24, 2.45) is 10.9 Å². The minimum absolute atomic E-state index is 0.0391. The molecule has 1 saturated carbocycles. The molecule has 38 heavy (non-hydrogen) atoms. The van der Waals surface area contributed by atoms with Crippen molar-refractivity contribution in [2.75, 3.05) is 13.2 Å². The fourth-order valence-corrected chi connectivity index (χ4v) is 6.23. The zero-order valence-electron chi connectivity index (χ0n) is 21.5. The number of carbonyl (C=O) groups excluding carboxylic acids is 1. The van der Waals surface area contributed by atoms with Gasteiger partial charge in [-0.15, -0.1) is 0 Å². The van der Waals surface area contributed by atoms with Gasteiger partial charge in [0.05, 0.1) is 31.4 Å². The molecule has 6 rings (SSSR count). The summed E-state index contributed by atoms with van der Waals surface area (Å²) in [5, 5.41) is 10.1. The molecular formula is C32H32ClNO4. The molecule has 0 amide bonds. The van der Waals surface area contributed by atoms with E-state index in [1.807, 2.05) is 12.1 Å². The van der Waals surface area contributed by atoms with Crippen molar-refractivity contribution in [2.45, 2.75) is 57.2 Å². The molecular weight excluding hydrogens is 498 g/mol. The summed E-state index contributed by atoms with van der Waals surface area (Å²) < 4.78 is 11.9. The van der Waals surface area contributed by atoms with E-state index in [-0.39, 0.29) is 30.7 Å². The lowest BCUT2D eigenvalue weighted by atomic mass is 9.94. The minimum Gasteiger partial charge on any atom is -0.475 e. The predicted molar refractivity (Wildman–Crippen MR) is 150 cm³/mol. The molecule has 0 radical (unpaired) electrons. The number of ketones is 1. The van der Waals surface area contributed by atoms with Gasteiger partial charge in [-0.1, -0.05) is 67.1 Å². The van der Waals surface area contributed by atoms with Crippen LogP contribution in [-0.4, -0.2) is 42.2 Å². The van der Waals surface area contributed by atoms with Crippen molar-refractivity contribution in [3.05, 3.63) is 76.8 Å². The van der Waals surface area contributed by atoms with Gasteiger partial charge in [0.2, 0.25) is 0 Å². The average Bonchev–Trinajstić information content (AvgIpc) is 3.53. The number of carbonyl (C=O) groups is 1. The Morgan fingerprint density at radius 1 is 1.05 bits per heavy atom. The second-order valence-corrected chi connectivity index (χ2v) is 11.2. The van der Waals surface area contributed by atoms with Crippen LogP contribution in [0.25, 0.3) is 22.3 Å². The highest BCUT2D eigenvalue weighted by Crippen LogP contribution is 2.39. The maximum absolute atomic E-state index is 12.1. The molecule has 3 aromatic carbocycles. The van der Waals surface area contributed by atoms with Crippen LogP contribution in [0.1, 0.15) is 49.7 Å². The lowest BCUT2D eigenvalue weighted by molar-refractivity contribution is -0.118. The number of Topliss-reactive ketones (excluding diaryl/α,β-unsaturated/α-hetero) is 1. The standard InChI is InChI=1S/C32H32ClNO4/c1-19-13-25(18-37-31(19)17-35)38-32-15-24-14-28(33)27(16-29(24)34-32)23-11-7-21(8-12-23)20-5-9-22(10-6-20)26-3-2-4-30(26)36/h5-12,14,16,19,25-26,31,35H,2-4,13,15,17-18H2,1H3/t19-,25+,26?,31+/m0/s1. The van der Waals surface area contributed by atoms with Gasteiger partial charge in [0.15, 0.2) is 5.90 Å². The molecule has 2 heterocycles. The molecule has 0 aromatic heterocycles. The van der Waals surface area contributed by atoms with E-state index < -0.39 is 0 Å². The summed E-state index contributed by atoms with van der Waals surface area (Å²) in [4.78, 5) is 16.9. The molecule has 196 valence electrons. The van der Waals surface area contributed by atoms with Crippen LogP contribution in [0, 0.1) is 5.92 Å². The molecule has 3 aromatic rings. The Morgan fingerprint density at radius 3 is 2.42 bits per heavy atom. The number of benzene rings is 3. The summed E-state index contributed by atoms with van der Waals surface area (Å²) >= 11 is 6.72. The smallest absolute Gasteiger partial charge is 0.193 e. The first kappa shape index (κ1) is 25.3. The van der Waals surface area contributed by atoms with Crippen LogP contribution in [0.3, 0.4) is 0 Å². The highest BCUT2D eigenvalue weighted by atomic mass is 35.5. The van der Waals surface area contributed by atoms with Crippen LogP contribution in [0.2, 0.25) is 5.02 Å². The van der Waals surface area contributed by atoms with Gasteiger partial charge in [0, 0.05) is 22.9 Å². The van der Waals surface area contributed by atoms with Crippen molar-refractivity contribution in [3.63, 3.8) is 0 Å². The third-order valence-electron chi connectivity index (χ3n) is 8.15. The van der Waals surface area contributed by atoms with Gasteiger partial charge in [-0.05, 0) is 65.1 Å². The Kier molecular flexibility index (Phi) is 7.08. The van der Waals surface area contributed by atoms with E-state index in [2.05, 4.69) is 55.5 Å². The van der Waals surface area contributed by atoms with Crippen LogP contribution in [0.4, 0.5) is 5.69 Å². The quantitative estimate of drug-likeness (QED) is 0.390. The highest BCUT2D eigenvalue weighted by molar-refractivity contribution is 6.33. The van der Waals surface area contributed by atoms with E-state index in [1.54, 1.807) is 0 Å². The van der Waals surface area contributed by atoms with Gasteiger partial charge in [-0.25, -0.2) is 4.99 Å². The number of hydrogen-bond acceptors (Lipinski definition) is 5. The topological polar surface area (TPSA) is 68.1 Å². The molecule has 6 heteroatoms. The lowest BCUT2D eigenvalue weighted by Crippen LogP contribution is -2.40. The maximum atomic E-state index is 12.1. The second kappa shape index (κ2) is 10.6. The van der Waals surface area contributed by atoms with E-state index in [0.29, 0.717) is 36.2 Å². The van der Waals surface area contributed by atoms with Gasteiger partial charge in [0.25, 0.3) is 0 Å². The summed E-state index contributed by atoms with van der Waals surface area (Å²) in [6, 6.07) is 20.8. The largest absolute Gasteiger partial charge is 0.475 e. The van der Waals surface area contributed by atoms with Crippen molar-refractivity contribution in [1.82, 2.24) is 0 Å². The summed E-state index contributed by atoms with van der Waals surface area (Å²) in [6.45, 7) is 2.58. The second-order valence-electron chi connectivity index (χ2n) is 10.8. The molecule has 4 atom stereocenters. The van der Waals surface area contributed by atoms with Crippen molar-refractivity contribution in [3.8, 4) is 22.3 Å². The average molecular weight is 530 g/mol. The number of halogens is 1. The summed E-state index contributed by atoms with van der Waals surface area (Å²) in [6.07, 6.45) is 3.94. The number of fused-ring (bicyclic) bond motifs is 1. The van der Waals surface area contributed by atoms with E-state index >= 15 is 0 Å². The molecule has 3 aliphatic rings. The maximum Gasteiger partial charge on any atom is 0.193 e. The Bertz CT molecular complexity index is 1370. The number of aliphatic imine (C=N–C) groups is 1. The number of rotatable bonds is 5. The number of hydrogen-bond donors (Lipinski definition) is 1. The van der Waals surface area contributed by atoms with E-state index in [0.717, 1.165) is 58.3 Å². The Balaban J connectivity index is 1.16. The minimum atomic E-state index is -0.118. The third-order valence-corrected chi connectivity index (χ3v) is 8.46. The molecule has 0 bridgehead atoms. The Hall–Kier alpha value is -2.99. The normalized spacial score (nSPS) is 24.8. The molecule has 5 nitrogen and oxygen atoms in total. The zero-order chi connectivity index (χ0) is 26.2. The third kappa shape index (κ3) is 5.03. The molecule has 1 unspecified atom stereocenters. The lowest BCUT2D eigenvalue weighted by Gasteiger charge is -2.33. The van der Waals surface area contributed by atoms with Gasteiger partial charge in [-0.3, -0.25) is 4.79 Å². The SMILES string of the molecule is C[C@H]1C[C@@H](OC2=Nc3cc(-c4ccc(-c5ccc(C6CCCC6=O)cc5)cc4)c(Cl)cc3C2)CO[C@@H]1CO. The van der Waals surface area contributed by atoms with Crippen molar-refractivity contribution >= 4 is 29.0 Å². The molecule has 2 aliphatic heterocycles. The Morgan fingerprint density at radius 2 is 1.76 bits per heavy atom. The van der Waals surface area contributed by atoms with Crippen LogP contribution in [0.15, 0.2) is 65.7 Å². The number of nitrogens with zero attached hydrogens (tertiary/aromatic N) is 1. The monoisotopic (exact) mass is 529 g/mol. The number of aliphatic hydroxyl groups is 1. The molecule has 1 N–H and O–H groups in total. The molecule has 1 saturated heterocycles. The van der Waals surface area contributed by atoms with E-state index in [4.69, 9.17) is 26.1 Å². The summed E-state index contributed by atoms with van der Waals surface area (Å²) in [5.74, 6) is 1.36. The van der Waals surface area contributed by atoms with Crippen LogP contribution < -0.4 is 0 Å². The first-order chi connectivity index (χ1) is 18.5. The fraction of sp³-hybridized carbons (Fsp3) is 0.375. The van der Waals surface area contributed by atoms with Gasteiger partial charge < -0.3 is 14.6 Å². The van der Waals surface area contributed by atoms with Gasteiger partial charge >= 0.3 is 0 Å². The van der Waals surface area contributed by atoms with Gasteiger partial charge in [0.1, 0.15) is 11.9 Å². The predicted octanol–water partition coefficient (Wildman–Crippen LogP) is 6.90. The van der Waals surface area contributed by atoms with Gasteiger partial charge in [-0.2, -0.15) is 0 Å². The first-order valence-corrected chi connectivity index (χ1v) is 13.9. The van der Waals surface area contributed by atoms with Crippen molar-refractivity contribution in [1.29, 1.82) is 0 Å². The zero-order valence-corrected chi connectivity index (χ0v) is 22.3. The Labute approximate surface area is 228 Å². The summed E-state index contributed by atoms with van der Waals surface area (Å²) in [5.41, 5.74) is 7.30. The molecule has 0 spiro atoms. The summed E-state index contributed by atoms with van der Waals surface area (Å²) in [7, 11) is 0.